The molecule has 30 heavy (non-hydrogen) atoms. The minimum absolute atomic E-state index is 0.269. The second kappa shape index (κ2) is 8.16. The molecule has 1 amide bonds. The van der Waals surface area contributed by atoms with Crippen molar-refractivity contribution >= 4 is 17.5 Å². The van der Waals surface area contributed by atoms with Gasteiger partial charge in [-0.2, -0.15) is 5.10 Å². The van der Waals surface area contributed by atoms with E-state index in [9.17, 15) is 4.79 Å². The van der Waals surface area contributed by atoms with Crippen molar-refractivity contribution in [3.63, 3.8) is 0 Å². The van der Waals surface area contributed by atoms with Crippen LogP contribution in [0.15, 0.2) is 59.1 Å². The smallest absolute Gasteiger partial charge is 0.257 e. The molecule has 0 saturated heterocycles. The average molecular weight is 421 g/mol. The number of hydrogen-bond acceptors (Lipinski definition) is 4. The van der Waals surface area contributed by atoms with Gasteiger partial charge in [-0.05, 0) is 39.0 Å². The topological polar surface area (TPSA) is 73.0 Å². The number of aryl methyl sites for hydroxylation is 2. The highest BCUT2D eigenvalue weighted by Crippen LogP contribution is 2.31. The summed E-state index contributed by atoms with van der Waals surface area (Å²) in [5.41, 5.74) is 5.27. The fourth-order valence-corrected chi connectivity index (χ4v) is 3.71. The normalized spacial score (nSPS) is 10.9. The molecule has 0 aliphatic carbocycles. The zero-order chi connectivity index (χ0) is 21.3. The Morgan fingerprint density at radius 2 is 1.77 bits per heavy atom. The molecular weight excluding hydrogens is 400 g/mol. The standard InChI is InChI=1S/C23H21ClN4O2/c1-14-19(15(2)28(26-14)17-9-5-4-6-10-17)13-25-23(29)21-16(3)30-27-22(21)18-11-7-8-12-20(18)24/h4-12H,13H2,1-3H3,(H,25,29). The van der Waals surface area contributed by atoms with E-state index >= 15 is 0 Å². The summed E-state index contributed by atoms with van der Waals surface area (Å²) in [6.07, 6.45) is 0. The Labute approximate surface area is 179 Å². The average Bonchev–Trinajstić information content (AvgIpc) is 3.26. The van der Waals surface area contributed by atoms with Crippen LogP contribution >= 0.6 is 11.6 Å². The van der Waals surface area contributed by atoms with Gasteiger partial charge in [-0.3, -0.25) is 4.79 Å². The lowest BCUT2D eigenvalue weighted by Gasteiger charge is -2.08. The number of benzene rings is 2. The van der Waals surface area contributed by atoms with Gasteiger partial charge in [0.15, 0.2) is 0 Å². The molecule has 4 rings (SSSR count). The molecule has 4 aromatic rings. The highest BCUT2D eigenvalue weighted by atomic mass is 35.5. The third-order valence-electron chi connectivity index (χ3n) is 5.09. The van der Waals surface area contributed by atoms with Crippen LogP contribution in [-0.2, 0) is 6.54 Å². The minimum Gasteiger partial charge on any atom is -0.360 e. The van der Waals surface area contributed by atoms with Crippen LogP contribution < -0.4 is 5.32 Å². The maximum atomic E-state index is 13.0. The third kappa shape index (κ3) is 3.62. The summed E-state index contributed by atoms with van der Waals surface area (Å²) in [6, 6.07) is 17.1. The number of carbonyl (C=O) groups is 1. The van der Waals surface area contributed by atoms with Gasteiger partial charge in [0.2, 0.25) is 0 Å². The molecule has 2 aromatic carbocycles. The summed E-state index contributed by atoms with van der Waals surface area (Å²) in [5.74, 6) is 0.172. The van der Waals surface area contributed by atoms with Gasteiger partial charge >= 0.3 is 0 Å². The van der Waals surface area contributed by atoms with Gasteiger partial charge in [-0.25, -0.2) is 4.68 Å². The van der Waals surface area contributed by atoms with Crippen LogP contribution in [0.5, 0.6) is 0 Å². The number of nitrogens with zero attached hydrogens (tertiary/aromatic N) is 3. The summed E-state index contributed by atoms with van der Waals surface area (Å²) >= 11 is 6.30. The van der Waals surface area contributed by atoms with Gasteiger partial charge in [-0.15, -0.1) is 0 Å². The molecule has 0 atom stereocenters. The maximum Gasteiger partial charge on any atom is 0.257 e. The SMILES string of the molecule is Cc1nn(-c2ccccc2)c(C)c1CNC(=O)c1c(-c2ccccc2Cl)noc1C. The molecule has 0 aliphatic rings. The first-order chi connectivity index (χ1) is 14.5. The number of aromatic nitrogens is 3. The molecule has 7 heteroatoms. The summed E-state index contributed by atoms with van der Waals surface area (Å²) in [7, 11) is 0. The van der Waals surface area contributed by atoms with E-state index in [1.54, 1.807) is 13.0 Å². The zero-order valence-corrected chi connectivity index (χ0v) is 17.7. The lowest BCUT2D eigenvalue weighted by molar-refractivity contribution is 0.0950. The Kier molecular flexibility index (Phi) is 5.42. The van der Waals surface area contributed by atoms with Crippen molar-refractivity contribution in [1.82, 2.24) is 20.3 Å². The second-order valence-electron chi connectivity index (χ2n) is 7.02. The highest BCUT2D eigenvalue weighted by Gasteiger charge is 2.23. The number of nitrogens with one attached hydrogen (secondary N) is 1. The van der Waals surface area contributed by atoms with Crippen molar-refractivity contribution in [3.8, 4) is 16.9 Å². The molecule has 0 saturated carbocycles. The molecule has 0 aliphatic heterocycles. The number of carbonyl (C=O) groups excluding carboxylic acids is 1. The van der Waals surface area contributed by atoms with E-state index in [1.807, 2.05) is 67.1 Å². The van der Waals surface area contributed by atoms with Crippen LogP contribution in [0, 0.1) is 20.8 Å². The van der Waals surface area contributed by atoms with E-state index in [0.717, 1.165) is 22.6 Å². The van der Waals surface area contributed by atoms with Gasteiger partial charge in [-0.1, -0.05) is 53.2 Å². The quantitative estimate of drug-likeness (QED) is 0.491. The van der Waals surface area contributed by atoms with E-state index in [2.05, 4.69) is 15.6 Å². The van der Waals surface area contributed by atoms with Crippen LogP contribution in [0.4, 0.5) is 0 Å². The first kappa shape index (κ1) is 19.9. The number of rotatable bonds is 5. The van der Waals surface area contributed by atoms with Gasteiger partial charge in [0.25, 0.3) is 5.91 Å². The van der Waals surface area contributed by atoms with Crippen molar-refractivity contribution in [2.24, 2.45) is 0 Å². The maximum absolute atomic E-state index is 13.0. The Hall–Kier alpha value is -3.38. The molecule has 0 radical (unpaired) electrons. The van der Waals surface area contributed by atoms with Gasteiger partial charge < -0.3 is 9.84 Å². The van der Waals surface area contributed by atoms with Crippen molar-refractivity contribution in [1.29, 1.82) is 0 Å². The predicted octanol–water partition coefficient (Wildman–Crippen LogP) is 5.04. The van der Waals surface area contributed by atoms with Gasteiger partial charge in [0.1, 0.15) is 17.0 Å². The third-order valence-corrected chi connectivity index (χ3v) is 5.42. The number of hydrogen-bond donors (Lipinski definition) is 1. The van der Waals surface area contributed by atoms with Crippen LogP contribution in [0.3, 0.4) is 0 Å². The summed E-state index contributed by atoms with van der Waals surface area (Å²) in [5, 5.41) is 12.2. The highest BCUT2D eigenvalue weighted by molar-refractivity contribution is 6.33. The monoisotopic (exact) mass is 420 g/mol. The van der Waals surface area contributed by atoms with E-state index in [1.165, 1.54) is 0 Å². The fourth-order valence-electron chi connectivity index (χ4n) is 3.49. The fraction of sp³-hybridized carbons (Fsp3) is 0.174. The molecule has 1 N–H and O–H groups in total. The largest absolute Gasteiger partial charge is 0.360 e. The molecule has 0 spiro atoms. The molecule has 2 aromatic heterocycles. The molecule has 6 nitrogen and oxygen atoms in total. The number of amides is 1. The van der Waals surface area contributed by atoms with Crippen LogP contribution in [0.25, 0.3) is 16.9 Å². The molecule has 0 bridgehead atoms. The molecule has 0 unspecified atom stereocenters. The van der Waals surface area contributed by atoms with E-state index < -0.39 is 0 Å². The number of para-hydroxylation sites is 1. The van der Waals surface area contributed by atoms with Crippen molar-refractivity contribution in [3.05, 3.63) is 87.9 Å². The Bertz CT molecular complexity index is 1210. The Balaban J connectivity index is 1.60. The molecule has 2 heterocycles. The van der Waals surface area contributed by atoms with Crippen molar-refractivity contribution in [2.75, 3.05) is 0 Å². The first-order valence-corrected chi connectivity index (χ1v) is 9.95. The van der Waals surface area contributed by atoms with Crippen LogP contribution in [0.1, 0.15) is 33.1 Å². The molecule has 0 fully saturated rings. The zero-order valence-electron chi connectivity index (χ0n) is 16.9. The van der Waals surface area contributed by atoms with Gasteiger partial charge in [0.05, 0.1) is 16.4 Å². The van der Waals surface area contributed by atoms with Gasteiger partial charge in [0, 0.05) is 23.4 Å². The van der Waals surface area contributed by atoms with Crippen molar-refractivity contribution < 1.29 is 9.32 Å². The first-order valence-electron chi connectivity index (χ1n) is 9.57. The summed E-state index contributed by atoms with van der Waals surface area (Å²) < 4.78 is 7.19. The lowest BCUT2D eigenvalue weighted by Crippen LogP contribution is -2.24. The summed E-state index contributed by atoms with van der Waals surface area (Å²) in [4.78, 5) is 13.0. The lowest BCUT2D eigenvalue weighted by atomic mass is 10.1. The Morgan fingerprint density at radius 1 is 1.07 bits per heavy atom. The second-order valence-corrected chi connectivity index (χ2v) is 7.43. The van der Waals surface area contributed by atoms with Crippen LogP contribution in [0.2, 0.25) is 5.02 Å². The van der Waals surface area contributed by atoms with Crippen molar-refractivity contribution in [2.45, 2.75) is 27.3 Å². The summed E-state index contributed by atoms with van der Waals surface area (Å²) in [6.45, 7) is 5.99. The minimum atomic E-state index is -0.269. The predicted molar refractivity (Wildman–Crippen MR) is 116 cm³/mol. The molecule has 152 valence electrons. The van der Waals surface area contributed by atoms with E-state index in [4.69, 9.17) is 16.1 Å². The molecular formula is C23H21ClN4O2. The van der Waals surface area contributed by atoms with E-state index in [0.29, 0.717) is 34.1 Å². The Morgan fingerprint density at radius 3 is 2.50 bits per heavy atom. The number of halogens is 1. The van der Waals surface area contributed by atoms with Crippen LogP contribution in [-0.4, -0.2) is 20.8 Å². The van der Waals surface area contributed by atoms with E-state index in [-0.39, 0.29) is 5.91 Å².